The van der Waals surface area contributed by atoms with Gasteiger partial charge in [0.2, 0.25) is 0 Å². The molecule has 0 saturated carbocycles. The zero-order valence-electron chi connectivity index (χ0n) is 10.6. The summed E-state index contributed by atoms with van der Waals surface area (Å²) in [5.41, 5.74) is 1.59. The van der Waals surface area contributed by atoms with Crippen molar-refractivity contribution in [3.05, 3.63) is 53.6 Å². The molecule has 0 bridgehead atoms. The molecule has 0 heterocycles. The van der Waals surface area contributed by atoms with Crippen LogP contribution in [0.5, 0.6) is 0 Å². The summed E-state index contributed by atoms with van der Waals surface area (Å²) < 4.78 is 10.3. The van der Waals surface area contributed by atoms with E-state index < -0.39 is 5.60 Å². The number of fused-ring (bicyclic) bond motifs is 1. The standard InChI is InChI=1S/C15H16O3/c1-17-14(16)9-11-15(18-2)10-5-7-12-6-3-4-8-13(12)15/h3-9,11H,10H2,1-2H3. The van der Waals surface area contributed by atoms with Crippen LogP contribution in [0.25, 0.3) is 6.08 Å². The topological polar surface area (TPSA) is 35.5 Å². The molecule has 0 aromatic heterocycles. The van der Waals surface area contributed by atoms with Crippen LogP contribution in [-0.4, -0.2) is 20.2 Å². The summed E-state index contributed by atoms with van der Waals surface area (Å²) in [5.74, 6) is -0.376. The summed E-state index contributed by atoms with van der Waals surface area (Å²) in [6.45, 7) is 0. The molecule has 0 amide bonds. The molecule has 2 rings (SSSR count). The monoisotopic (exact) mass is 244 g/mol. The van der Waals surface area contributed by atoms with Crippen LogP contribution in [0.1, 0.15) is 17.5 Å². The van der Waals surface area contributed by atoms with E-state index in [1.54, 1.807) is 13.2 Å². The molecule has 1 aromatic carbocycles. The van der Waals surface area contributed by atoms with Gasteiger partial charge in [0.15, 0.2) is 0 Å². The van der Waals surface area contributed by atoms with Crippen LogP contribution >= 0.6 is 0 Å². The van der Waals surface area contributed by atoms with Crippen molar-refractivity contribution in [3.63, 3.8) is 0 Å². The van der Waals surface area contributed by atoms with Gasteiger partial charge in [0.1, 0.15) is 5.60 Å². The molecule has 94 valence electrons. The predicted molar refractivity (Wildman–Crippen MR) is 69.9 cm³/mol. The van der Waals surface area contributed by atoms with Crippen LogP contribution in [-0.2, 0) is 19.9 Å². The minimum atomic E-state index is -0.584. The lowest BCUT2D eigenvalue weighted by atomic mass is 9.82. The summed E-state index contributed by atoms with van der Waals surface area (Å²) in [7, 11) is 3.01. The highest BCUT2D eigenvalue weighted by atomic mass is 16.5. The first-order valence-electron chi connectivity index (χ1n) is 5.80. The number of hydrogen-bond donors (Lipinski definition) is 0. The fourth-order valence-corrected chi connectivity index (χ4v) is 2.19. The Kier molecular flexibility index (Phi) is 3.63. The van der Waals surface area contributed by atoms with E-state index in [2.05, 4.69) is 10.8 Å². The van der Waals surface area contributed by atoms with Crippen LogP contribution in [0.2, 0.25) is 0 Å². The molecule has 3 heteroatoms. The Balaban J connectivity index is 2.42. The van der Waals surface area contributed by atoms with Gasteiger partial charge in [0, 0.05) is 19.6 Å². The molecule has 1 aromatic rings. The lowest BCUT2D eigenvalue weighted by Gasteiger charge is -2.32. The number of rotatable bonds is 3. The van der Waals surface area contributed by atoms with Gasteiger partial charge in [0.25, 0.3) is 0 Å². The van der Waals surface area contributed by atoms with Gasteiger partial charge in [-0.05, 0) is 17.2 Å². The third kappa shape index (κ3) is 2.22. The van der Waals surface area contributed by atoms with Crippen molar-refractivity contribution in [1.29, 1.82) is 0 Å². The fraction of sp³-hybridized carbons (Fsp3) is 0.267. The SMILES string of the molecule is COC(=O)C=CC1(OC)CC=Cc2ccccc21. The number of benzene rings is 1. The van der Waals surface area contributed by atoms with Crippen LogP contribution in [0.3, 0.4) is 0 Å². The smallest absolute Gasteiger partial charge is 0.330 e. The highest BCUT2D eigenvalue weighted by molar-refractivity contribution is 5.82. The lowest BCUT2D eigenvalue weighted by Crippen LogP contribution is -2.28. The number of hydrogen-bond acceptors (Lipinski definition) is 3. The molecule has 0 aliphatic heterocycles. The van der Waals surface area contributed by atoms with Gasteiger partial charge >= 0.3 is 5.97 Å². The van der Waals surface area contributed by atoms with Crippen molar-refractivity contribution >= 4 is 12.0 Å². The molecular formula is C15H16O3. The van der Waals surface area contributed by atoms with Gasteiger partial charge in [-0.1, -0.05) is 36.4 Å². The average molecular weight is 244 g/mol. The van der Waals surface area contributed by atoms with E-state index in [4.69, 9.17) is 4.74 Å². The second-order valence-corrected chi connectivity index (χ2v) is 4.14. The zero-order chi connectivity index (χ0) is 13.0. The summed E-state index contributed by atoms with van der Waals surface area (Å²) >= 11 is 0. The van der Waals surface area contributed by atoms with Gasteiger partial charge in [-0.2, -0.15) is 0 Å². The molecule has 0 spiro atoms. The Hall–Kier alpha value is -1.87. The van der Waals surface area contributed by atoms with E-state index in [0.29, 0.717) is 6.42 Å². The zero-order valence-corrected chi connectivity index (χ0v) is 10.6. The number of esters is 1. The maximum Gasteiger partial charge on any atom is 0.330 e. The Morgan fingerprint density at radius 3 is 2.83 bits per heavy atom. The fourth-order valence-electron chi connectivity index (χ4n) is 2.19. The van der Waals surface area contributed by atoms with Crippen LogP contribution in [0.15, 0.2) is 42.5 Å². The van der Waals surface area contributed by atoms with E-state index in [1.807, 2.05) is 30.3 Å². The number of carbonyl (C=O) groups is 1. The molecule has 18 heavy (non-hydrogen) atoms. The predicted octanol–water partition coefficient (Wildman–Crippen LogP) is 2.67. The Bertz CT molecular complexity index is 502. The van der Waals surface area contributed by atoms with E-state index >= 15 is 0 Å². The molecule has 0 radical (unpaired) electrons. The number of methoxy groups -OCH3 is 2. The normalized spacial score (nSPS) is 21.9. The third-order valence-electron chi connectivity index (χ3n) is 3.19. The van der Waals surface area contributed by atoms with Gasteiger partial charge in [-0.15, -0.1) is 0 Å². The molecule has 1 unspecified atom stereocenters. The molecule has 3 nitrogen and oxygen atoms in total. The molecule has 1 aliphatic rings. The Morgan fingerprint density at radius 2 is 2.11 bits per heavy atom. The van der Waals surface area contributed by atoms with Gasteiger partial charge in [-0.3, -0.25) is 0 Å². The summed E-state index contributed by atoms with van der Waals surface area (Å²) in [4.78, 5) is 11.2. The first-order chi connectivity index (χ1) is 8.72. The Labute approximate surface area is 107 Å². The van der Waals surface area contributed by atoms with E-state index in [9.17, 15) is 4.79 Å². The van der Waals surface area contributed by atoms with Gasteiger partial charge in [0.05, 0.1) is 7.11 Å². The van der Waals surface area contributed by atoms with Crippen molar-refractivity contribution < 1.29 is 14.3 Å². The molecule has 1 atom stereocenters. The maximum absolute atomic E-state index is 11.2. The van der Waals surface area contributed by atoms with Crippen LogP contribution in [0.4, 0.5) is 0 Å². The quantitative estimate of drug-likeness (QED) is 0.605. The molecule has 0 fully saturated rings. The van der Waals surface area contributed by atoms with Crippen LogP contribution in [0, 0.1) is 0 Å². The van der Waals surface area contributed by atoms with Crippen molar-refractivity contribution in [1.82, 2.24) is 0 Å². The van der Waals surface area contributed by atoms with Crippen molar-refractivity contribution in [2.75, 3.05) is 14.2 Å². The van der Waals surface area contributed by atoms with Gasteiger partial charge < -0.3 is 9.47 Å². The summed E-state index contributed by atoms with van der Waals surface area (Å²) in [6, 6.07) is 8.01. The summed E-state index contributed by atoms with van der Waals surface area (Å²) in [6.07, 6.45) is 8.00. The van der Waals surface area contributed by atoms with Crippen molar-refractivity contribution in [2.45, 2.75) is 12.0 Å². The van der Waals surface area contributed by atoms with Crippen molar-refractivity contribution in [2.24, 2.45) is 0 Å². The van der Waals surface area contributed by atoms with E-state index in [0.717, 1.165) is 11.1 Å². The first kappa shape index (κ1) is 12.6. The largest absolute Gasteiger partial charge is 0.466 e. The minimum absolute atomic E-state index is 0.376. The van der Waals surface area contributed by atoms with Crippen LogP contribution < -0.4 is 0 Å². The molecular weight excluding hydrogens is 228 g/mol. The van der Waals surface area contributed by atoms with E-state index in [-0.39, 0.29) is 5.97 Å². The van der Waals surface area contributed by atoms with Gasteiger partial charge in [-0.25, -0.2) is 4.79 Å². The second-order valence-electron chi connectivity index (χ2n) is 4.14. The number of carbonyl (C=O) groups excluding carboxylic acids is 1. The average Bonchev–Trinajstić information content (AvgIpc) is 2.44. The number of ether oxygens (including phenoxy) is 2. The molecule has 1 aliphatic carbocycles. The third-order valence-corrected chi connectivity index (χ3v) is 3.19. The molecule has 0 N–H and O–H groups in total. The highest BCUT2D eigenvalue weighted by Crippen LogP contribution is 2.37. The summed E-state index contributed by atoms with van der Waals surface area (Å²) in [5, 5.41) is 0. The maximum atomic E-state index is 11.2. The highest BCUT2D eigenvalue weighted by Gasteiger charge is 2.32. The lowest BCUT2D eigenvalue weighted by molar-refractivity contribution is -0.135. The minimum Gasteiger partial charge on any atom is -0.466 e. The first-order valence-corrected chi connectivity index (χ1v) is 5.80. The van der Waals surface area contributed by atoms with Crippen molar-refractivity contribution in [3.8, 4) is 0 Å². The molecule has 0 saturated heterocycles. The van der Waals surface area contributed by atoms with E-state index in [1.165, 1.54) is 13.2 Å². The Morgan fingerprint density at radius 1 is 1.33 bits per heavy atom. The second kappa shape index (κ2) is 5.19.